The molecule has 2 atom stereocenters. The molecule has 2 heteroatoms. The highest BCUT2D eigenvalue weighted by molar-refractivity contribution is 5.29. The van der Waals surface area contributed by atoms with E-state index in [2.05, 4.69) is 20.8 Å². The Morgan fingerprint density at radius 3 is 2.19 bits per heavy atom. The normalized spacial score (nSPS) is 22.6. The number of halogens is 2. The molecule has 0 amide bonds. The molecule has 0 nitrogen and oxygen atoms in total. The molecule has 0 radical (unpaired) electrons. The average Bonchev–Trinajstić information content (AvgIpc) is 2.69. The number of benzene rings is 1. The van der Waals surface area contributed by atoms with Crippen molar-refractivity contribution in [2.75, 3.05) is 0 Å². The summed E-state index contributed by atoms with van der Waals surface area (Å²) in [7, 11) is 0. The highest BCUT2D eigenvalue weighted by atomic mass is 19.2. The summed E-state index contributed by atoms with van der Waals surface area (Å²) in [6.45, 7) is 9.00. The Labute approximate surface area is 166 Å². The number of rotatable bonds is 10. The SMILES string of the molecule is CCCc1ccc(C2CCC(C(C)CCC(CC)CCC)CC2)c(F)c1F. The number of aryl methyl sites for hydroxylation is 1. The molecule has 154 valence electrons. The van der Waals surface area contributed by atoms with Gasteiger partial charge in [0.2, 0.25) is 0 Å². The molecule has 0 spiro atoms. The quantitative estimate of drug-likeness (QED) is 0.383. The first-order valence-electron chi connectivity index (χ1n) is 11.5. The Bertz CT molecular complexity index is 558. The minimum absolute atomic E-state index is 0.196. The largest absolute Gasteiger partial charge is 0.203 e. The minimum Gasteiger partial charge on any atom is -0.203 e. The second-order valence-electron chi connectivity index (χ2n) is 8.92. The standard InChI is InChI=1S/C25H40F2/c1-5-8-19(7-3)11-10-18(4)20-12-14-21(15-13-20)23-17-16-22(9-6-2)24(26)25(23)27/h16-21H,5-15H2,1-4H3. The van der Waals surface area contributed by atoms with Crippen LogP contribution in [0.25, 0.3) is 0 Å². The van der Waals surface area contributed by atoms with Crippen molar-refractivity contribution in [1.29, 1.82) is 0 Å². The van der Waals surface area contributed by atoms with Gasteiger partial charge in [-0.1, -0.05) is 78.4 Å². The third-order valence-corrected chi connectivity index (χ3v) is 7.03. The molecule has 0 heterocycles. The Morgan fingerprint density at radius 1 is 0.889 bits per heavy atom. The van der Waals surface area contributed by atoms with Crippen LogP contribution in [0, 0.1) is 29.4 Å². The lowest BCUT2D eigenvalue weighted by Crippen LogP contribution is -2.21. The van der Waals surface area contributed by atoms with Gasteiger partial charge in [-0.05, 0) is 66.9 Å². The maximum Gasteiger partial charge on any atom is 0.162 e. The lowest BCUT2D eigenvalue weighted by atomic mass is 9.72. The maximum atomic E-state index is 14.6. The molecule has 0 N–H and O–H groups in total. The summed E-state index contributed by atoms with van der Waals surface area (Å²) in [6, 6.07) is 3.67. The molecule has 0 aliphatic heterocycles. The van der Waals surface area contributed by atoms with Crippen molar-refractivity contribution in [3.8, 4) is 0 Å². The highest BCUT2D eigenvalue weighted by Gasteiger charge is 2.28. The zero-order valence-corrected chi connectivity index (χ0v) is 18.0. The molecule has 1 fully saturated rings. The van der Waals surface area contributed by atoms with Gasteiger partial charge in [0.05, 0.1) is 0 Å². The molecule has 0 aromatic heterocycles. The molecule has 1 aliphatic rings. The molecule has 1 saturated carbocycles. The molecule has 0 bridgehead atoms. The van der Waals surface area contributed by atoms with Gasteiger partial charge < -0.3 is 0 Å². The fourth-order valence-corrected chi connectivity index (χ4v) is 5.08. The summed E-state index contributed by atoms with van der Waals surface area (Å²) >= 11 is 0. The minimum atomic E-state index is -0.605. The number of hydrogen-bond acceptors (Lipinski definition) is 0. The van der Waals surface area contributed by atoms with Gasteiger partial charge in [0, 0.05) is 0 Å². The average molecular weight is 379 g/mol. The predicted octanol–water partition coefficient (Wildman–Crippen LogP) is 8.43. The van der Waals surface area contributed by atoms with Crippen molar-refractivity contribution < 1.29 is 8.78 Å². The van der Waals surface area contributed by atoms with E-state index in [4.69, 9.17) is 0 Å². The van der Waals surface area contributed by atoms with E-state index in [9.17, 15) is 8.78 Å². The molecular weight excluding hydrogens is 338 g/mol. The summed E-state index contributed by atoms with van der Waals surface area (Å²) in [5, 5.41) is 0. The van der Waals surface area contributed by atoms with E-state index in [1.54, 1.807) is 0 Å². The van der Waals surface area contributed by atoms with Crippen LogP contribution in [0.2, 0.25) is 0 Å². The van der Waals surface area contributed by atoms with Crippen LogP contribution in [0.3, 0.4) is 0 Å². The monoisotopic (exact) mass is 378 g/mol. The Hall–Kier alpha value is -0.920. The molecule has 2 rings (SSSR count). The topological polar surface area (TPSA) is 0 Å². The van der Waals surface area contributed by atoms with Crippen LogP contribution >= 0.6 is 0 Å². The summed E-state index contributed by atoms with van der Waals surface area (Å²) in [5.41, 5.74) is 1.14. The first-order valence-corrected chi connectivity index (χ1v) is 11.5. The van der Waals surface area contributed by atoms with Crippen molar-refractivity contribution in [1.82, 2.24) is 0 Å². The van der Waals surface area contributed by atoms with Crippen LogP contribution in [0.4, 0.5) is 8.78 Å². The van der Waals surface area contributed by atoms with Crippen LogP contribution in [-0.2, 0) is 6.42 Å². The van der Waals surface area contributed by atoms with E-state index >= 15 is 0 Å². The van der Waals surface area contributed by atoms with Crippen molar-refractivity contribution in [3.63, 3.8) is 0 Å². The van der Waals surface area contributed by atoms with E-state index in [0.717, 1.165) is 49.9 Å². The van der Waals surface area contributed by atoms with Crippen LogP contribution < -0.4 is 0 Å². The second kappa shape index (κ2) is 11.2. The van der Waals surface area contributed by atoms with Crippen molar-refractivity contribution >= 4 is 0 Å². The van der Waals surface area contributed by atoms with Gasteiger partial charge in [0.25, 0.3) is 0 Å². The van der Waals surface area contributed by atoms with Gasteiger partial charge in [-0.3, -0.25) is 0 Å². The first-order chi connectivity index (χ1) is 13.0. The van der Waals surface area contributed by atoms with Gasteiger partial charge in [0.1, 0.15) is 0 Å². The second-order valence-corrected chi connectivity index (χ2v) is 8.92. The van der Waals surface area contributed by atoms with Crippen LogP contribution in [0.1, 0.15) is 109 Å². The van der Waals surface area contributed by atoms with E-state index < -0.39 is 11.6 Å². The van der Waals surface area contributed by atoms with Gasteiger partial charge in [-0.2, -0.15) is 0 Å². The number of hydrogen-bond donors (Lipinski definition) is 0. The van der Waals surface area contributed by atoms with Gasteiger partial charge in [-0.15, -0.1) is 0 Å². The zero-order valence-electron chi connectivity index (χ0n) is 18.0. The summed E-state index contributed by atoms with van der Waals surface area (Å²) in [5.74, 6) is 1.40. The van der Waals surface area contributed by atoms with E-state index in [-0.39, 0.29) is 5.92 Å². The molecule has 1 aromatic rings. The van der Waals surface area contributed by atoms with E-state index in [0.29, 0.717) is 17.5 Å². The molecule has 1 aliphatic carbocycles. The fraction of sp³-hybridized carbons (Fsp3) is 0.760. The molecule has 0 saturated heterocycles. The van der Waals surface area contributed by atoms with Crippen LogP contribution in [-0.4, -0.2) is 0 Å². The molecule has 27 heavy (non-hydrogen) atoms. The van der Waals surface area contributed by atoms with Gasteiger partial charge in [0.15, 0.2) is 11.6 Å². The van der Waals surface area contributed by atoms with Crippen molar-refractivity contribution in [2.24, 2.45) is 17.8 Å². The molecule has 2 unspecified atom stereocenters. The molecule has 1 aromatic carbocycles. The predicted molar refractivity (Wildman–Crippen MR) is 112 cm³/mol. The Kier molecular flexibility index (Phi) is 9.26. The smallest absolute Gasteiger partial charge is 0.162 e. The Morgan fingerprint density at radius 2 is 1.59 bits per heavy atom. The van der Waals surface area contributed by atoms with E-state index in [1.807, 2.05) is 19.1 Å². The lowest BCUT2D eigenvalue weighted by molar-refractivity contribution is 0.220. The van der Waals surface area contributed by atoms with Gasteiger partial charge >= 0.3 is 0 Å². The zero-order chi connectivity index (χ0) is 19.8. The van der Waals surface area contributed by atoms with Crippen LogP contribution in [0.5, 0.6) is 0 Å². The fourth-order valence-electron chi connectivity index (χ4n) is 5.08. The molecular formula is C25H40F2. The summed E-state index contributed by atoms with van der Waals surface area (Å²) in [6.07, 6.45) is 12.4. The maximum absolute atomic E-state index is 14.6. The Balaban J connectivity index is 1.88. The summed E-state index contributed by atoms with van der Waals surface area (Å²) < 4.78 is 28.9. The van der Waals surface area contributed by atoms with Crippen molar-refractivity contribution in [3.05, 3.63) is 34.9 Å². The first kappa shape index (κ1) is 22.4. The third kappa shape index (κ3) is 6.03. The third-order valence-electron chi connectivity index (χ3n) is 7.03. The van der Waals surface area contributed by atoms with E-state index in [1.165, 1.54) is 32.1 Å². The summed E-state index contributed by atoms with van der Waals surface area (Å²) in [4.78, 5) is 0. The van der Waals surface area contributed by atoms with Gasteiger partial charge in [-0.25, -0.2) is 8.78 Å². The highest BCUT2D eigenvalue weighted by Crippen LogP contribution is 2.41. The van der Waals surface area contributed by atoms with Crippen molar-refractivity contribution in [2.45, 2.75) is 104 Å². The lowest BCUT2D eigenvalue weighted by Gasteiger charge is -2.33. The van der Waals surface area contributed by atoms with Crippen LogP contribution in [0.15, 0.2) is 12.1 Å².